The van der Waals surface area contributed by atoms with Crippen molar-refractivity contribution in [2.75, 3.05) is 24.2 Å². The van der Waals surface area contributed by atoms with Gasteiger partial charge in [0.25, 0.3) is 5.89 Å². The molecule has 0 aliphatic carbocycles. The summed E-state index contributed by atoms with van der Waals surface area (Å²) in [5.41, 5.74) is 3.71. The molecular weight excluding hydrogens is 335 g/mol. The van der Waals surface area contributed by atoms with E-state index in [1.54, 1.807) is 12.1 Å². The van der Waals surface area contributed by atoms with Gasteiger partial charge in [-0.15, -0.1) is 0 Å². The van der Waals surface area contributed by atoms with Crippen LogP contribution in [0.3, 0.4) is 0 Å². The van der Waals surface area contributed by atoms with E-state index in [9.17, 15) is 4.39 Å². The summed E-state index contributed by atoms with van der Waals surface area (Å²) in [5, 5.41) is 10.5. The lowest BCUT2D eigenvalue weighted by Gasteiger charge is -2.11. The fraction of sp³-hybridized carbons (Fsp3) is 0.263. The van der Waals surface area contributed by atoms with Crippen molar-refractivity contribution in [3.8, 4) is 11.4 Å². The summed E-state index contributed by atoms with van der Waals surface area (Å²) in [6.07, 6.45) is 0. The van der Waals surface area contributed by atoms with E-state index >= 15 is 0 Å². The number of nitrogens with zero attached hydrogens (tertiary/aromatic N) is 2. The third-order valence-electron chi connectivity index (χ3n) is 3.79. The van der Waals surface area contributed by atoms with Crippen LogP contribution in [0.5, 0.6) is 0 Å². The molecule has 2 N–H and O–H groups in total. The minimum Gasteiger partial charge on any atom is -0.386 e. The molecule has 0 fully saturated rings. The molecule has 1 aromatic heterocycles. The monoisotopic (exact) mass is 356 g/mol. The van der Waals surface area contributed by atoms with Gasteiger partial charge in [0, 0.05) is 19.2 Å². The maximum atomic E-state index is 12.9. The van der Waals surface area contributed by atoms with Crippen LogP contribution < -0.4 is 10.6 Å². The quantitative estimate of drug-likeness (QED) is 0.634. The van der Waals surface area contributed by atoms with Crippen molar-refractivity contribution in [2.24, 2.45) is 0 Å². The Kier molecular flexibility index (Phi) is 5.80. The topological polar surface area (TPSA) is 72.2 Å². The smallest absolute Gasteiger partial charge is 0.252 e. The van der Waals surface area contributed by atoms with Crippen LogP contribution in [0, 0.1) is 5.82 Å². The van der Waals surface area contributed by atoms with Gasteiger partial charge in [0.1, 0.15) is 12.4 Å². The molecule has 1 heterocycles. The van der Waals surface area contributed by atoms with Crippen molar-refractivity contribution in [1.82, 2.24) is 10.1 Å². The highest BCUT2D eigenvalue weighted by Crippen LogP contribution is 2.27. The number of aromatic nitrogens is 2. The highest BCUT2D eigenvalue weighted by Gasteiger charge is 2.11. The van der Waals surface area contributed by atoms with Crippen molar-refractivity contribution in [1.29, 1.82) is 0 Å². The van der Waals surface area contributed by atoms with Crippen LogP contribution in [0.2, 0.25) is 0 Å². The van der Waals surface area contributed by atoms with Crippen LogP contribution in [0.4, 0.5) is 15.8 Å². The third kappa shape index (κ3) is 4.37. The number of benzene rings is 2. The van der Waals surface area contributed by atoms with E-state index < -0.39 is 0 Å². The van der Waals surface area contributed by atoms with Crippen LogP contribution in [0.25, 0.3) is 11.4 Å². The van der Waals surface area contributed by atoms with Gasteiger partial charge in [-0.3, -0.25) is 0 Å². The number of hydrogen-bond donors (Lipinski definition) is 2. The van der Waals surface area contributed by atoms with Crippen LogP contribution in [0.1, 0.15) is 18.4 Å². The molecule has 2 aromatic carbocycles. The maximum Gasteiger partial charge on any atom is 0.252 e. The summed E-state index contributed by atoms with van der Waals surface area (Å²) in [7, 11) is 1.88. The van der Waals surface area contributed by atoms with Crippen LogP contribution >= 0.6 is 0 Å². The van der Waals surface area contributed by atoms with Gasteiger partial charge in [-0.05, 0) is 42.8 Å². The molecule has 136 valence electrons. The number of nitrogens with one attached hydrogen (secondary N) is 2. The predicted molar refractivity (Wildman–Crippen MR) is 98.3 cm³/mol. The number of ether oxygens (including phenoxy) is 1. The number of halogens is 1. The summed E-state index contributed by atoms with van der Waals surface area (Å²) in [6, 6.07) is 12.0. The van der Waals surface area contributed by atoms with E-state index in [-0.39, 0.29) is 12.4 Å². The Bertz CT molecular complexity index is 849. The Balaban J connectivity index is 1.64. The van der Waals surface area contributed by atoms with Gasteiger partial charge in [0.15, 0.2) is 0 Å². The SMILES string of the molecule is CCNc1cc(-c2noc(COCc3ccc(F)cc3)n2)ccc1NC. The van der Waals surface area contributed by atoms with E-state index in [1.165, 1.54) is 12.1 Å². The van der Waals surface area contributed by atoms with Crippen LogP contribution in [-0.4, -0.2) is 23.7 Å². The third-order valence-corrected chi connectivity index (χ3v) is 3.79. The molecule has 0 saturated heterocycles. The fourth-order valence-electron chi connectivity index (χ4n) is 2.51. The maximum absolute atomic E-state index is 12.9. The summed E-state index contributed by atoms with van der Waals surface area (Å²) in [6.45, 7) is 3.39. The highest BCUT2D eigenvalue weighted by molar-refractivity contribution is 5.75. The van der Waals surface area contributed by atoms with Crippen molar-refractivity contribution < 1.29 is 13.7 Å². The van der Waals surface area contributed by atoms with Crippen LogP contribution in [0.15, 0.2) is 47.0 Å². The molecule has 0 atom stereocenters. The molecule has 3 aromatic rings. The molecule has 0 spiro atoms. The van der Waals surface area contributed by atoms with Crippen molar-refractivity contribution in [3.63, 3.8) is 0 Å². The van der Waals surface area contributed by atoms with Crippen molar-refractivity contribution in [2.45, 2.75) is 20.1 Å². The number of anilines is 2. The molecule has 0 unspecified atom stereocenters. The predicted octanol–water partition coefficient (Wildman–Crippen LogP) is 4.07. The first-order valence-corrected chi connectivity index (χ1v) is 8.40. The fourth-order valence-corrected chi connectivity index (χ4v) is 2.51. The molecule has 0 aliphatic heterocycles. The molecule has 7 heteroatoms. The highest BCUT2D eigenvalue weighted by atomic mass is 19.1. The zero-order valence-electron chi connectivity index (χ0n) is 14.8. The Morgan fingerprint density at radius 1 is 1.08 bits per heavy atom. The van der Waals surface area contributed by atoms with Crippen molar-refractivity contribution >= 4 is 11.4 Å². The van der Waals surface area contributed by atoms with E-state index in [4.69, 9.17) is 9.26 Å². The minimum absolute atomic E-state index is 0.193. The molecule has 6 nitrogen and oxygen atoms in total. The summed E-state index contributed by atoms with van der Waals surface area (Å²) >= 11 is 0. The largest absolute Gasteiger partial charge is 0.386 e. The molecule has 0 saturated carbocycles. The first kappa shape index (κ1) is 17.9. The van der Waals surface area contributed by atoms with Crippen molar-refractivity contribution in [3.05, 3.63) is 59.7 Å². The average molecular weight is 356 g/mol. The molecule has 0 radical (unpaired) electrons. The Morgan fingerprint density at radius 2 is 1.88 bits per heavy atom. The minimum atomic E-state index is -0.267. The molecule has 0 amide bonds. The lowest BCUT2D eigenvalue weighted by molar-refractivity contribution is 0.0850. The Labute approximate surface area is 151 Å². The van der Waals surface area contributed by atoms with E-state index in [2.05, 4.69) is 20.8 Å². The number of rotatable bonds is 8. The lowest BCUT2D eigenvalue weighted by atomic mass is 10.1. The zero-order chi connectivity index (χ0) is 18.4. The summed E-state index contributed by atoms with van der Waals surface area (Å²) in [4.78, 5) is 4.37. The average Bonchev–Trinajstić information content (AvgIpc) is 3.12. The lowest BCUT2D eigenvalue weighted by Crippen LogP contribution is -2.01. The first-order chi connectivity index (χ1) is 12.7. The van der Waals surface area contributed by atoms with Gasteiger partial charge in [-0.2, -0.15) is 4.98 Å². The van der Waals surface area contributed by atoms with Gasteiger partial charge >= 0.3 is 0 Å². The second-order valence-corrected chi connectivity index (χ2v) is 5.67. The van der Waals surface area contributed by atoms with E-state index in [0.717, 1.165) is 29.0 Å². The van der Waals surface area contributed by atoms with Gasteiger partial charge in [-0.1, -0.05) is 17.3 Å². The normalized spacial score (nSPS) is 10.7. The molecule has 0 bridgehead atoms. The standard InChI is InChI=1S/C19H21FN4O2/c1-3-22-17-10-14(6-9-16(17)21-2)19-23-18(26-24-19)12-25-11-13-4-7-15(20)8-5-13/h4-10,21-22H,3,11-12H2,1-2H3. The molecule has 26 heavy (non-hydrogen) atoms. The zero-order valence-corrected chi connectivity index (χ0v) is 14.8. The van der Waals surface area contributed by atoms with Crippen LogP contribution in [-0.2, 0) is 18.0 Å². The summed E-state index contributed by atoms with van der Waals surface area (Å²) < 4.78 is 23.7. The second kappa shape index (κ2) is 8.44. The van der Waals surface area contributed by atoms with Gasteiger partial charge in [-0.25, -0.2) is 4.39 Å². The first-order valence-electron chi connectivity index (χ1n) is 8.40. The van der Waals surface area contributed by atoms with E-state index in [1.807, 2.05) is 32.2 Å². The molecule has 3 rings (SSSR count). The number of hydrogen-bond acceptors (Lipinski definition) is 6. The Hall–Kier alpha value is -2.93. The molecule has 0 aliphatic rings. The van der Waals surface area contributed by atoms with Gasteiger partial charge < -0.3 is 19.9 Å². The summed E-state index contributed by atoms with van der Waals surface area (Å²) in [5.74, 6) is 0.633. The van der Waals surface area contributed by atoms with E-state index in [0.29, 0.717) is 18.3 Å². The Morgan fingerprint density at radius 3 is 2.62 bits per heavy atom. The molecular formula is C19H21FN4O2. The van der Waals surface area contributed by atoms with Gasteiger partial charge in [0.05, 0.1) is 18.0 Å². The second-order valence-electron chi connectivity index (χ2n) is 5.67. The van der Waals surface area contributed by atoms with Gasteiger partial charge in [0.2, 0.25) is 5.82 Å².